The van der Waals surface area contributed by atoms with Crippen molar-refractivity contribution in [3.8, 4) is 0 Å². The minimum Gasteiger partial charge on any atom is -0.388 e. The fourth-order valence-electron chi connectivity index (χ4n) is 4.54. The maximum absolute atomic E-state index is 13.2. The van der Waals surface area contributed by atoms with Crippen LogP contribution in [0.1, 0.15) is 45.4 Å². The summed E-state index contributed by atoms with van der Waals surface area (Å²) in [6, 6.07) is 11.5. The zero-order valence-corrected chi connectivity index (χ0v) is 19.5. The van der Waals surface area contributed by atoms with Gasteiger partial charge in [-0.1, -0.05) is 25.1 Å². The van der Waals surface area contributed by atoms with Crippen LogP contribution >= 0.6 is 11.3 Å². The van der Waals surface area contributed by atoms with Crippen molar-refractivity contribution in [2.75, 3.05) is 19.6 Å². The Balaban J connectivity index is 1.27. The largest absolute Gasteiger partial charge is 0.388 e. The molecule has 1 atom stereocenters. The van der Waals surface area contributed by atoms with E-state index in [0.29, 0.717) is 42.1 Å². The van der Waals surface area contributed by atoms with Gasteiger partial charge in [-0.25, -0.2) is 4.98 Å². The predicted molar refractivity (Wildman–Crippen MR) is 130 cm³/mol. The first-order valence-electron chi connectivity index (χ1n) is 11.0. The number of hydrogen-bond acceptors (Lipinski definition) is 5. The van der Waals surface area contributed by atoms with Crippen LogP contribution in [0.4, 0.5) is 0 Å². The van der Waals surface area contributed by atoms with Crippen molar-refractivity contribution < 1.29 is 14.7 Å². The molecule has 33 heavy (non-hydrogen) atoms. The zero-order valence-electron chi connectivity index (χ0n) is 18.6. The molecule has 1 fully saturated rings. The van der Waals surface area contributed by atoms with Crippen molar-refractivity contribution in [3.63, 3.8) is 0 Å². The number of likely N-dealkylation sites (tertiary alicyclic amines) is 1. The van der Waals surface area contributed by atoms with Gasteiger partial charge in [0.05, 0.1) is 16.6 Å². The molecule has 0 aliphatic carbocycles. The van der Waals surface area contributed by atoms with Gasteiger partial charge in [0.25, 0.3) is 11.8 Å². The van der Waals surface area contributed by atoms with Gasteiger partial charge in [-0.05, 0) is 37.1 Å². The second kappa shape index (κ2) is 8.28. The lowest BCUT2D eigenvalue weighted by molar-refractivity contribution is 0.0776. The van der Waals surface area contributed by atoms with Gasteiger partial charge in [0.15, 0.2) is 0 Å². The Bertz CT molecular complexity index is 1370. The molecule has 5 rings (SSSR count). The summed E-state index contributed by atoms with van der Waals surface area (Å²) < 4.78 is 1.13. The topological polar surface area (TPSA) is 98.3 Å². The van der Waals surface area contributed by atoms with E-state index in [0.717, 1.165) is 22.1 Å². The molecule has 2 aromatic heterocycles. The summed E-state index contributed by atoms with van der Waals surface area (Å²) in [5, 5.41) is 15.3. The van der Waals surface area contributed by atoms with Crippen LogP contribution in [-0.4, -0.2) is 51.4 Å². The van der Waals surface area contributed by atoms with E-state index in [1.165, 1.54) is 5.56 Å². The molecule has 8 heteroatoms. The number of carbonyl (C=O) groups excluding carboxylic acids is 2. The highest BCUT2D eigenvalue weighted by Crippen LogP contribution is 2.33. The molecule has 0 saturated carbocycles. The van der Waals surface area contributed by atoms with E-state index in [1.807, 2.05) is 28.5 Å². The Kier molecular flexibility index (Phi) is 5.42. The van der Waals surface area contributed by atoms with E-state index in [9.17, 15) is 14.7 Å². The van der Waals surface area contributed by atoms with E-state index in [-0.39, 0.29) is 23.8 Å². The third-order valence-corrected chi connectivity index (χ3v) is 7.38. The predicted octanol–water partition coefficient (Wildman–Crippen LogP) is 3.86. The van der Waals surface area contributed by atoms with Crippen molar-refractivity contribution in [1.82, 2.24) is 20.2 Å². The van der Waals surface area contributed by atoms with Crippen molar-refractivity contribution in [2.45, 2.75) is 26.9 Å². The molecule has 1 aliphatic heterocycles. The second-order valence-electron chi connectivity index (χ2n) is 9.16. The van der Waals surface area contributed by atoms with Gasteiger partial charge in [0, 0.05) is 40.5 Å². The fraction of sp³-hybridized carbons (Fsp3) is 0.320. The number of thiophene rings is 1. The Labute approximate surface area is 195 Å². The van der Waals surface area contributed by atoms with E-state index in [4.69, 9.17) is 0 Å². The third kappa shape index (κ3) is 4.00. The standard InChI is InChI=1S/C25H26N4O3S/c1-15-6-7-16-18(12-33-20(16)10-15)24(32)29-9-8-25(2,14-29)13-26-23(31)17-4-3-5-19-22(17)28-21(11-30)27-19/h3-7,10,12,30H,8-9,11,13-14H2,1-2H3,(H,26,31)(H,27,28). The van der Waals surface area contributed by atoms with Crippen LogP contribution in [0.3, 0.4) is 0 Å². The van der Waals surface area contributed by atoms with Gasteiger partial charge in [-0.15, -0.1) is 11.3 Å². The summed E-state index contributed by atoms with van der Waals surface area (Å²) in [6.07, 6.45) is 0.821. The van der Waals surface area contributed by atoms with Gasteiger partial charge in [0.2, 0.25) is 0 Å². The number of rotatable bonds is 5. The number of hydrogen-bond donors (Lipinski definition) is 3. The molecule has 4 aromatic rings. The number of fused-ring (bicyclic) bond motifs is 2. The molecule has 0 radical (unpaired) electrons. The van der Waals surface area contributed by atoms with Gasteiger partial charge in [-0.2, -0.15) is 0 Å². The number of carbonyl (C=O) groups is 2. The first-order chi connectivity index (χ1) is 15.9. The van der Waals surface area contributed by atoms with E-state index < -0.39 is 0 Å². The van der Waals surface area contributed by atoms with Gasteiger partial charge in [-0.3, -0.25) is 9.59 Å². The van der Waals surface area contributed by atoms with Gasteiger partial charge < -0.3 is 20.3 Å². The minimum atomic E-state index is -0.212. The van der Waals surface area contributed by atoms with E-state index in [1.54, 1.807) is 23.5 Å². The van der Waals surface area contributed by atoms with Crippen molar-refractivity contribution in [2.24, 2.45) is 5.41 Å². The monoisotopic (exact) mass is 462 g/mol. The SMILES string of the molecule is Cc1ccc2c(C(=O)N3CCC(C)(CNC(=O)c4cccc5[nH]c(CO)nc45)C3)csc2c1. The number of imidazole rings is 1. The molecule has 2 aromatic carbocycles. The highest BCUT2D eigenvalue weighted by Gasteiger charge is 2.37. The van der Waals surface area contributed by atoms with Crippen LogP contribution < -0.4 is 5.32 Å². The van der Waals surface area contributed by atoms with Crippen LogP contribution in [0.2, 0.25) is 0 Å². The van der Waals surface area contributed by atoms with Crippen molar-refractivity contribution in [1.29, 1.82) is 0 Å². The van der Waals surface area contributed by atoms with E-state index in [2.05, 4.69) is 35.2 Å². The summed E-state index contributed by atoms with van der Waals surface area (Å²) >= 11 is 1.60. The molecule has 170 valence electrons. The maximum atomic E-state index is 13.2. The highest BCUT2D eigenvalue weighted by atomic mass is 32.1. The average molecular weight is 463 g/mol. The lowest BCUT2D eigenvalue weighted by Gasteiger charge is -2.25. The number of aliphatic hydroxyl groups excluding tert-OH is 1. The summed E-state index contributed by atoms with van der Waals surface area (Å²) in [5.41, 5.74) is 3.47. The number of H-pyrrole nitrogens is 1. The molecule has 1 aliphatic rings. The number of benzene rings is 2. The average Bonchev–Trinajstić information content (AvgIpc) is 3.53. The molecule has 0 spiro atoms. The first-order valence-corrected chi connectivity index (χ1v) is 11.9. The normalized spacial score (nSPS) is 18.3. The summed E-state index contributed by atoms with van der Waals surface area (Å²) in [6.45, 7) is 5.68. The molecule has 3 N–H and O–H groups in total. The van der Waals surface area contributed by atoms with Gasteiger partial charge >= 0.3 is 0 Å². The molecular weight excluding hydrogens is 436 g/mol. The molecule has 1 saturated heterocycles. The van der Waals surface area contributed by atoms with Crippen LogP contribution in [0.5, 0.6) is 0 Å². The molecule has 3 heterocycles. The zero-order chi connectivity index (χ0) is 23.2. The molecule has 1 unspecified atom stereocenters. The molecular formula is C25H26N4O3S. The maximum Gasteiger partial charge on any atom is 0.255 e. The number of aliphatic hydroxyl groups is 1. The molecule has 0 bridgehead atoms. The van der Waals surface area contributed by atoms with E-state index >= 15 is 0 Å². The number of aryl methyl sites for hydroxylation is 1. The quantitative estimate of drug-likeness (QED) is 0.419. The van der Waals surface area contributed by atoms with Crippen LogP contribution in [0.25, 0.3) is 21.1 Å². The minimum absolute atomic E-state index is 0.0537. The third-order valence-electron chi connectivity index (χ3n) is 6.44. The van der Waals surface area contributed by atoms with Gasteiger partial charge in [0.1, 0.15) is 17.9 Å². The number of aromatic nitrogens is 2. The van der Waals surface area contributed by atoms with Crippen LogP contribution in [0.15, 0.2) is 41.8 Å². The second-order valence-corrected chi connectivity index (χ2v) is 10.1. The number of para-hydroxylation sites is 1. The number of aromatic amines is 1. The summed E-state index contributed by atoms with van der Waals surface area (Å²) in [7, 11) is 0. The Morgan fingerprint density at radius 1 is 1.27 bits per heavy atom. The van der Waals surface area contributed by atoms with Crippen molar-refractivity contribution >= 4 is 44.3 Å². The lowest BCUT2D eigenvalue weighted by atomic mass is 9.89. The summed E-state index contributed by atoms with van der Waals surface area (Å²) in [5.74, 6) is 0.276. The first kappa shape index (κ1) is 21.6. The molecule has 2 amide bonds. The van der Waals surface area contributed by atoms with Crippen LogP contribution in [0, 0.1) is 12.3 Å². The Morgan fingerprint density at radius 2 is 2.12 bits per heavy atom. The lowest BCUT2D eigenvalue weighted by Crippen LogP contribution is -2.39. The Hall–Kier alpha value is -3.23. The number of nitrogens with one attached hydrogen (secondary N) is 2. The number of nitrogens with zero attached hydrogens (tertiary/aromatic N) is 2. The smallest absolute Gasteiger partial charge is 0.255 e. The Morgan fingerprint density at radius 3 is 2.94 bits per heavy atom. The van der Waals surface area contributed by atoms with Crippen molar-refractivity contribution in [3.05, 3.63) is 64.3 Å². The number of amides is 2. The highest BCUT2D eigenvalue weighted by molar-refractivity contribution is 7.17. The summed E-state index contributed by atoms with van der Waals surface area (Å²) in [4.78, 5) is 35.4. The van der Waals surface area contributed by atoms with Crippen LogP contribution in [-0.2, 0) is 6.61 Å². The molecule has 7 nitrogen and oxygen atoms in total. The fourth-order valence-corrected chi connectivity index (χ4v) is 5.57.